The minimum Gasteiger partial charge on any atom is -0.390 e. The van der Waals surface area contributed by atoms with E-state index in [0.717, 1.165) is 52.1 Å². The van der Waals surface area contributed by atoms with Gasteiger partial charge in [0.25, 0.3) is 0 Å². The summed E-state index contributed by atoms with van der Waals surface area (Å²) in [6.45, 7) is 5.80. The predicted octanol–water partition coefficient (Wildman–Crippen LogP) is 0.114. The van der Waals surface area contributed by atoms with Crippen LogP contribution < -0.4 is 0 Å². The Bertz CT molecular complexity index is 202. The van der Waals surface area contributed by atoms with Crippen LogP contribution in [-0.2, 0) is 0 Å². The molecule has 0 heterocycles. The first-order valence-electron chi connectivity index (χ1n) is 7.66. The predicted molar refractivity (Wildman–Crippen MR) is 87.3 cm³/mol. The fourth-order valence-corrected chi connectivity index (χ4v) is 2.27. The van der Waals surface area contributed by atoms with Gasteiger partial charge in [-0.2, -0.15) is 0 Å². The molecule has 1 N–H and O–H groups in total. The second-order valence-corrected chi connectivity index (χ2v) is 6.49. The summed E-state index contributed by atoms with van der Waals surface area (Å²) >= 11 is 0. The number of rotatable bonds is 12. The number of aliphatic hydroxyl groups excluding tert-OH is 1. The molecule has 0 bridgehead atoms. The first-order chi connectivity index (χ1) is 9.31. The quantitative estimate of drug-likeness (QED) is 0.551. The van der Waals surface area contributed by atoms with Crippen molar-refractivity contribution in [1.82, 2.24) is 19.6 Å². The highest BCUT2D eigenvalue weighted by Gasteiger charge is 2.11. The molecule has 0 aromatic carbocycles. The third-order valence-corrected chi connectivity index (χ3v) is 3.34. The number of aliphatic hydroxyl groups is 1. The van der Waals surface area contributed by atoms with E-state index in [1.54, 1.807) is 0 Å². The maximum Gasteiger partial charge on any atom is 0.0793 e. The summed E-state index contributed by atoms with van der Waals surface area (Å²) in [7, 11) is 12.6. The zero-order valence-electron chi connectivity index (χ0n) is 14.5. The number of likely N-dealkylation sites (N-methyl/N-ethyl adjacent to an activating group) is 2. The van der Waals surface area contributed by atoms with Crippen LogP contribution in [0, 0.1) is 0 Å². The third kappa shape index (κ3) is 12.8. The van der Waals surface area contributed by atoms with E-state index in [-0.39, 0.29) is 6.10 Å². The van der Waals surface area contributed by atoms with E-state index >= 15 is 0 Å². The molecule has 0 saturated heterocycles. The van der Waals surface area contributed by atoms with Crippen LogP contribution in [0.2, 0.25) is 0 Å². The highest BCUT2D eigenvalue weighted by atomic mass is 16.3. The topological polar surface area (TPSA) is 33.2 Å². The van der Waals surface area contributed by atoms with E-state index in [4.69, 9.17) is 0 Å². The lowest BCUT2D eigenvalue weighted by Crippen LogP contribution is -2.38. The number of nitrogens with zero attached hydrogens (tertiary/aromatic N) is 4. The van der Waals surface area contributed by atoms with Crippen LogP contribution in [0.5, 0.6) is 0 Å². The van der Waals surface area contributed by atoms with E-state index in [0.29, 0.717) is 0 Å². The number of hydrogen-bond acceptors (Lipinski definition) is 5. The van der Waals surface area contributed by atoms with Crippen molar-refractivity contribution in [2.45, 2.75) is 18.9 Å². The smallest absolute Gasteiger partial charge is 0.0793 e. The standard InChI is InChI=1S/C15H36N4O/c1-16(2)9-7-11-18(5)13-15(20)14-19(6)12-8-10-17(3)4/h15,20H,7-14H2,1-6H3. The van der Waals surface area contributed by atoms with Crippen LogP contribution in [-0.4, -0.2) is 112 Å². The van der Waals surface area contributed by atoms with Gasteiger partial charge in [-0.25, -0.2) is 0 Å². The fourth-order valence-electron chi connectivity index (χ4n) is 2.27. The van der Waals surface area contributed by atoms with E-state index < -0.39 is 0 Å². The summed E-state index contributed by atoms with van der Waals surface area (Å²) in [5.41, 5.74) is 0. The molecule has 0 aromatic heterocycles. The molecule has 0 aliphatic rings. The zero-order chi connectivity index (χ0) is 15.5. The molecule has 0 aromatic rings. The van der Waals surface area contributed by atoms with Gasteiger partial charge in [-0.15, -0.1) is 0 Å². The Morgan fingerprint density at radius 2 is 1.00 bits per heavy atom. The molecule has 5 nitrogen and oxygen atoms in total. The summed E-state index contributed by atoms with van der Waals surface area (Å²) < 4.78 is 0. The highest BCUT2D eigenvalue weighted by molar-refractivity contribution is 4.66. The molecule has 0 aliphatic heterocycles. The molecule has 0 fully saturated rings. The van der Waals surface area contributed by atoms with E-state index in [1.807, 2.05) is 0 Å². The van der Waals surface area contributed by atoms with Gasteiger partial charge in [0.2, 0.25) is 0 Å². The molecular formula is C15H36N4O. The van der Waals surface area contributed by atoms with Crippen LogP contribution in [0.15, 0.2) is 0 Å². The lowest BCUT2D eigenvalue weighted by Gasteiger charge is -2.25. The van der Waals surface area contributed by atoms with Crippen LogP contribution in [0.3, 0.4) is 0 Å². The Kier molecular flexibility index (Phi) is 11.3. The fraction of sp³-hybridized carbons (Fsp3) is 1.00. The molecule has 20 heavy (non-hydrogen) atoms. The molecule has 0 spiro atoms. The summed E-state index contributed by atoms with van der Waals surface area (Å²) in [6, 6.07) is 0. The first-order valence-corrected chi connectivity index (χ1v) is 7.66. The minimum atomic E-state index is -0.260. The Morgan fingerprint density at radius 3 is 1.30 bits per heavy atom. The van der Waals surface area contributed by atoms with Crippen molar-refractivity contribution in [3.05, 3.63) is 0 Å². The second-order valence-electron chi connectivity index (χ2n) is 6.49. The highest BCUT2D eigenvalue weighted by Crippen LogP contribution is 1.97. The SMILES string of the molecule is CN(C)CCCN(C)CC(O)CN(C)CCCN(C)C. The van der Waals surface area contributed by atoms with Crippen LogP contribution >= 0.6 is 0 Å². The molecule has 0 amide bonds. The van der Waals surface area contributed by atoms with Gasteiger partial charge in [-0.05, 0) is 81.3 Å². The van der Waals surface area contributed by atoms with Crippen LogP contribution in [0.4, 0.5) is 0 Å². The van der Waals surface area contributed by atoms with Gasteiger partial charge in [-0.1, -0.05) is 0 Å². The van der Waals surface area contributed by atoms with Crippen molar-refractivity contribution < 1.29 is 5.11 Å². The second kappa shape index (κ2) is 11.5. The van der Waals surface area contributed by atoms with Crippen molar-refractivity contribution in [2.24, 2.45) is 0 Å². The van der Waals surface area contributed by atoms with Gasteiger partial charge in [0.15, 0.2) is 0 Å². The monoisotopic (exact) mass is 288 g/mol. The molecule has 0 rings (SSSR count). The van der Waals surface area contributed by atoms with Crippen molar-refractivity contribution in [2.75, 3.05) is 81.6 Å². The normalized spacial score (nSPS) is 12.6. The van der Waals surface area contributed by atoms with Crippen molar-refractivity contribution in [1.29, 1.82) is 0 Å². The molecule has 0 radical (unpaired) electrons. The Hall–Kier alpha value is -0.200. The van der Waals surface area contributed by atoms with E-state index in [2.05, 4.69) is 61.9 Å². The third-order valence-electron chi connectivity index (χ3n) is 3.34. The van der Waals surface area contributed by atoms with Gasteiger partial charge >= 0.3 is 0 Å². The van der Waals surface area contributed by atoms with E-state index in [9.17, 15) is 5.11 Å². The van der Waals surface area contributed by atoms with Gasteiger partial charge < -0.3 is 24.7 Å². The zero-order valence-corrected chi connectivity index (χ0v) is 14.5. The van der Waals surface area contributed by atoms with Crippen molar-refractivity contribution in [3.63, 3.8) is 0 Å². The average Bonchev–Trinajstić information content (AvgIpc) is 2.26. The largest absolute Gasteiger partial charge is 0.390 e. The summed E-state index contributed by atoms with van der Waals surface area (Å²) in [5.74, 6) is 0. The molecule has 122 valence electrons. The van der Waals surface area contributed by atoms with Gasteiger partial charge in [0.05, 0.1) is 6.10 Å². The average molecular weight is 288 g/mol. The lowest BCUT2D eigenvalue weighted by molar-refractivity contribution is 0.0890. The van der Waals surface area contributed by atoms with Crippen molar-refractivity contribution in [3.8, 4) is 0 Å². The first kappa shape index (κ1) is 19.8. The van der Waals surface area contributed by atoms with Crippen LogP contribution in [0.25, 0.3) is 0 Å². The Morgan fingerprint density at radius 1 is 0.650 bits per heavy atom. The molecule has 0 saturated carbocycles. The molecular weight excluding hydrogens is 252 g/mol. The summed E-state index contributed by atoms with van der Waals surface area (Å²) in [4.78, 5) is 8.84. The lowest BCUT2D eigenvalue weighted by atomic mass is 10.2. The van der Waals surface area contributed by atoms with Crippen molar-refractivity contribution >= 4 is 0 Å². The maximum absolute atomic E-state index is 10.1. The van der Waals surface area contributed by atoms with Gasteiger partial charge in [0, 0.05) is 13.1 Å². The van der Waals surface area contributed by atoms with Crippen LogP contribution in [0.1, 0.15) is 12.8 Å². The number of hydrogen-bond donors (Lipinski definition) is 1. The Balaban J connectivity index is 3.66. The van der Waals surface area contributed by atoms with Gasteiger partial charge in [-0.3, -0.25) is 0 Å². The maximum atomic E-state index is 10.1. The molecule has 0 atom stereocenters. The van der Waals surface area contributed by atoms with E-state index in [1.165, 1.54) is 0 Å². The summed E-state index contributed by atoms with van der Waals surface area (Å²) in [6.07, 6.45) is 2.03. The van der Waals surface area contributed by atoms with Gasteiger partial charge in [0.1, 0.15) is 0 Å². The minimum absolute atomic E-state index is 0.260. The Labute approximate surface area is 126 Å². The molecule has 0 unspecified atom stereocenters. The molecule has 0 aliphatic carbocycles. The summed E-state index contributed by atoms with van der Waals surface area (Å²) in [5, 5.41) is 10.1. The molecule has 5 heteroatoms.